The Hall–Kier alpha value is -3.14. The zero-order valence-corrected chi connectivity index (χ0v) is 14.9. The number of nitrogens with one attached hydrogen (secondary N) is 1. The summed E-state index contributed by atoms with van der Waals surface area (Å²) in [6.45, 7) is 1.37. The third-order valence-corrected chi connectivity index (χ3v) is 4.17. The predicted octanol–water partition coefficient (Wildman–Crippen LogP) is 4.01. The van der Waals surface area contributed by atoms with Gasteiger partial charge in [0.25, 0.3) is 5.91 Å². The maximum absolute atomic E-state index is 12.6. The summed E-state index contributed by atoms with van der Waals surface area (Å²) in [6.07, 6.45) is 2.61. The van der Waals surface area contributed by atoms with Crippen molar-refractivity contribution in [1.82, 2.24) is 9.88 Å². The van der Waals surface area contributed by atoms with E-state index < -0.39 is 0 Å². The number of nitrogens with zero attached hydrogens (tertiary/aromatic N) is 2. The number of amides is 1. The van der Waals surface area contributed by atoms with Crippen molar-refractivity contribution in [2.45, 2.75) is 13.0 Å². The van der Waals surface area contributed by atoms with Gasteiger partial charge >= 0.3 is 0 Å². The summed E-state index contributed by atoms with van der Waals surface area (Å²) < 4.78 is 0. The van der Waals surface area contributed by atoms with E-state index in [0.717, 1.165) is 24.2 Å². The van der Waals surface area contributed by atoms with Gasteiger partial charge in [-0.3, -0.25) is 9.78 Å². The summed E-state index contributed by atoms with van der Waals surface area (Å²) in [5, 5.41) is 3.37. The quantitative estimate of drug-likeness (QED) is 0.704. The number of anilines is 1. The van der Waals surface area contributed by atoms with Crippen molar-refractivity contribution >= 4 is 11.6 Å². The van der Waals surface area contributed by atoms with Gasteiger partial charge in [-0.25, -0.2) is 0 Å². The SMILES string of the molecule is CN(Cc1ccccc1)C(=O)c1cc(NCCc2ccccc2)ccn1. The van der Waals surface area contributed by atoms with Crippen LogP contribution < -0.4 is 5.32 Å². The maximum atomic E-state index is 12.6. The standard InChI is InChI=1S/C22H23N3O/c1-25(17-19-10-6-3-7-11-19)22(26)21-16-20(13-15-24-21)23-14-12-18-8-4-2-5-9-18/h2-11,13,15-16H,12,14,17H2,1H3,(H,23,24). The van der Waals surface area contributed by atoms with Gasteiger partial charge in [0.2, 0.25) is 0 Å². The zero-order valence-electron chi connectivity index (χ0n) is 14.9. The van der Waals surface area contributed by atoms with Crippen LogP contribution in [0.5, 0.6) is 0 Å². The summed E-state index contributed by atoms with van der Waals surface area (Å²) >= 11 is 0. The Morgan fingerprint density at radius 1 is 0.962 bits per heavy atom. The molecule has 0 saturated carbocycles. The second kappa shape index (κ2) is 8.81. The van der Waals surface area contributed by atoms with Gasteiger partial charge in [0.15, 0.2) is 0 Å². The van der Waals surface area contributed by atoms with E-state index in [1.54, 1.807) is 18.1 Å². The van der Waals surface area contributed by atoms with Crippen LogP contribution in [0, 0.1) is 0 Å². The highest BCUT2D eigenvalue weighted by Crippen LogP contribution is 2.12. The van der Waals surface area contributed by atoms with Gasteiger partial charge in [0.05, 0.1) is 0 Å². The summed E-state index contributed by atoms with van der Waals surface area (Å²) in [6, 6.07) is 24.0. The van der Waals surface area contributed by atoms with Gasteiger partial charge in [-0.05, 0) is 29.7 Å². The fourth-order valence-corrected chi connectivity index (χ4v) is 2.78. The Balaban J connectivity index is 1.58. The third kappa shape index (κ3) is 4.93. The van der Waals surface area contributed by atoms with Gasteiger partial charge in [0.1, 0.15) is 5.69 Å². The number of benzene rings is 2. The first kappa shape index (κ1) is 17.7. The fraction of sp³-hybridized carbons (Fsp3) is 0.182. The van der Waals surface area contributed by atoms with Crippen LogP contribution in [0.4, 0.5) is 5.69 Å². The van der Waals surface area contributed by atoms with Crippen LogP contribution in [-0.2, 0) is 13.0 Å². The molecule has 0 aliphatic rings. The minimum absolute atomic E-state index is 0.0828. The van der Waals surface area contributed by atoms with Crippen molar-refractivity contribution in [3.05, 3.63) is 95.8 Å². The van der Waals surface area contributed by atoms with Crippen LogP contribution >= 0.6 is 0 Å². The molecule has 0 atom stereocenters. The number of aromatic nitrogens is 1. The monoisotopic (exact) mass is 345 g/mol. The maximum Gasteiger partial charge on any atom is 0.272 e. The van der Waals surface area contributed by atoms with Crippen LogP contribution in [0.15, 0.2) is 79.0 Å². The van der Waals surface area contributed by atoms with E-state index in [1.165, 1.54) is 5.56 Å². The average molecular weight is 345 g/mol. The Morgan fingerprint density at radius 2 is 1.62 bits per heavy atom. The number of hydrogen-bond acceptors (Lipinski definition) is 3. The molecule has 4 heteroatoms. The zero-order chi connectivity index (χ0) is 18.2. The van der Waals surface area contributed by atoms with E-state index in [9.17, 15) is 4.79 Å². The highest BCUT2D eigenvalue weighted by molar-refractivity contribution is 5.92. The molecule has 2 aromatic carbocycles. The van der Waals surface area contributed by atoms with Crippen molar-refractivity contribution in [2.75, 3.05) is 18.9 Å². The molecular weight excluding hydrogens is 322 g/mol. The molecule has 0 aliphatic heterocycles. The van der Waals surface area contributed by atoms with Crippen LogP contribution in [0.1, 0.15) is 21.6 Å². The molecule has 1 amide bonds. The number of carbonyl (C=O) groups is 1. The van der Waals surface area contributed by atoms with Crippen LogP contribution in [0.2, 0.25) is 0 Å². The summed E-state index contributed by atoms with van der Waals surface area (Å²) in [7, 11) is 1.80. The minimum Gasteiger partial charge on any atom is -0.385 e. The highest BCUT2D eigenvalue weighted by atomic mass is 16.2. The number of rotatable bonds is 7. The Labute approximate surface area is 154 Å². The first-order valence-electron chi connectivity index (χ1n) is 8.75. The molecule has 4 nitrogen and oxygen atoms in total. The van der Waals surface area contributed by atoms with Crippen LogP contribution in [-0.4, -0.2) is 29.4 Å². The molecular formula is C22H23N3O. The molecule has 0 aliphatic carbocycles. The lowest BCUT2D eigenvalue weighted by Gasteiger charge is -2.17. The smallest absolute Gasteiger partial charge is 0.272 e. The average Bonchev–Trinajstić information content (AvgIpc) is 2.69. The number of hydrogen-bond donors (Lipinski definition) is 1. The molecule has 3 aromatic rings. The molecule has 1 aromatic heterocycles. The van der Waals surface area contributed by atoms with Crippen LogP contribution in [0.25, 0.3) is 0 Å². The van der Waals surface area contributed by atoms with E-state index in [1.807, 2.05) is 60.7 Å². The van der Waals surface area contributed by atoms with Gasteiger partial charge in [0, 0.05) is 32.0 Å². The van der Waals surface area contributed by atoms with E-state index in [2.05, 4.69) is 22.4 Å². The van der Waals surface area contributed by atoms with E-state index in [0.29, 0.717) is 12.2 Å². The molecule has 1 N–H and O–H groups in total. The van der Waals surface area contributed by atoms with Crippen LogP contribution in [0.3, 0.4) is 0 Å². The van der Waals surface area contributed by atoms with E-state index in [4.69, 9.17) is 0 Å². The van der Waals surface area contributed by atoms with Gasteiger partial charge in [-0.1, -0.05) is 60.7 Å². The first-order chi connectivity index (χ1) is 12.7. The van der Waals surface area contributed by atoms with Crippen molar-refractivity contribution in [2.24, 2.45) is 0 Å². The number of carbonyl (C=O) groups excluding carboxylic acids is 1. The molecule has 1 heterocycles. The van der Waals surface area contributed by atoms with Crippen molar-refractivity contribution < 1.29 is 4.79 Å². The van der Waals surface area contributed by atoms with Gasteiger partial charge in [-0.2, -0.15) is 0 Å². The highest BCUT2D eigenvalue weighted by Gasteiger charge is 2.13. The summed E-state index contributed by atoms with van der Waals surface area (Å²) in [4.78, 5) is 18.6. The molecule has 3 rings (SSSR count). The largest absolute Gasteiger partial charge is 0.385 e. The van der Waals surface area contributed by atoms with E-state index >= 15 is 0 Å². The Morgan fingerprint density at radius 3 is 2.31 bits per heavy atom. The molecule has 0 fully saturated rings. The fourth-order valence-electron chi connectivity index (χ4n) is 2.78. The van der Waals surface area contributed by atoms with Crippen molar-refractivity contribution in [3.8, 4) is 0 Å². The molecule has 0 spiro atoms. The molecule has 26 heavy (non-hydrogen) atoms. The minimum atomic E-state index is -0.0828. The second-order valence-electron chi connectivity index (χ2n) is 6.24. The summed E-state index contributed by atoms with van der Waals surface area (Å²) in [5.74, 6) is -0.0828. The normalized spacial score (nSPS) is 10.3. The predicted molar refractivity (Wildman–Crippen MR) is 105 cm³/mol. The van der Waals surface area contributed by atoms with Gasteiger partial charge < -0.3 is 10.2 Å². The lowest BCUT2D eigenvalue weighted by molar-refractivity contribution is 0.0779. The topological polar surface area (TPSA) is 45.2 Å². The molecule has 0 saturated heterocycles. The Bertz CT molecular complexity index is 834. The third-order valence-electron chi connectivity index (χ3n) is 4.17. The summed E-state index contributed by atoms with van der Waals surface area (Å²) in [5.41, 5.74) is 3.74. The van der Waals surface area contributed by atoms with E-state index in [-0.39, 0.29) is 5.91 Å². The first-order valence-corrected chi connectivity index (χ1v) is 8.75. The molecule has 0 bridgehead atoms. The molecule has 132 valence electrons. The van der Waals surface area contributed by atoms with Gasteiger partial charge in [-0.15, -0.1) is 0 Å². The second-order valence-corrected chi connectivity index (χ2v) is 6.24. The molecule has 0 radical (unpaired) electrons. The molecule has 0 unspecified atom stereocenters. The lowest BCUT2D eigenvalue weighted by atomic mass is 10.1. The lowest BCUT2D eigenvalue weighted by Crippen LogP contribution is -2.27. The number of pyridine rings is 1. The van der Waals surface area contributed by atoms with Crippen molar-refractivity contribution in [1.29, 1.82) is 0 Å². The Kier molecular flexibility index (Phi) is 5.99. The van der Waals surface area contributed by atoms with Crippen molar-refractivity contribution in [3.63, 3.8) is 0 Å².